The third-order valence-electron chi connectivity index (χ3n) is 5.55. The van der Waals surface area contributed by atoms with Gasteiger partial charge in [0.05, 0.1) is 13.2 Å². The maximum absolute atomic E-state index is 9.09. The van der Waals surface area contributed by atoms with E-state index in [1.807, 2.05) is 0 Å². The summed E-state index contributed by atoms with van der Waals surface area (Å²) in [6.45, 7) is 6.29. The van der Waals surface area contributed by atoms with E-state index in [9.17, 15) is 0 Å². The van der Waals surface area contributed by atoms with Crippen molar-refractivity contribution in [2.45, 2.75) is 38.9 Å². The number of hydrogen-bond acceptors (Lipinski definition) is 3. The first kappa shape index (κ1) is 11.7. The molecule has 0 amide bonds. The van der Waals surface area contributed by atoms with Gasteiger partial charge in [-0.15, -0.1) is 0 Å². The van der Waals surface area contributed by atoms with Gasteiger partial charge in [-0.05, 0) is 24.2 Å². The van der Waals surface area contributed by atoms with E-state index in [4.69, 9.17) is 14.6 Å². The van der Waals surface area contributed by atoms with Crippen LogP contribution in [0.15, 0.2) is 12.2 Å². The molecule has 0 aromatic heterocycles. The largest absolute Gasteiger partial charge is 0.396 e. The molecule has 1 heterocycles. The van der Waals surface area contributed by atoms with Crippen molar-refractivity contribution in [1.82, 2.24) is 0 Å². The van der Waals surface area contributed by atoms with Crippen LogP contribution in [0.3, 0.4) is 0 Å². The van der Waals surface area contributed by atoms with E-state index in [2.05, 4.69) is 26.0 Å². The number of fused-ring (bicyclic) bond motifs is 3. The van der Waals surface area contributed by atoms with Crippen LogP contribution in [-0.4, -0.2) is 30.7 Å². The smallest absolute Gasteiger partial charge is 0.178 e. The standard InChI is InChI=1S/C14H22O3/c1-12(5-3-7-15)11-4-6-13(12,2)14(10-11)16-8-9-17-14/h4,6,11,15H,3,5,7-10H2,1-2H3. The molecule has 3 nitrogen and oxygen atoms in total. The van der Waals surface area contributed by atoms with Gasteiger partial charge in [0, 0.05) is 18.4 Å². The van der Waals surface area contributed by atoms with Gasteiger partial charge in [-0.25, -0.2) is 0 Å². The highest BCUT2D eigenvalue weighted by molar-refractivity contribution is 5.30. The van der Waals surface area contributed by atoms with Crippen LogP contribution >= 0.6 is 0 Å². The lowest BCUT2D eigenvalue weighted by Gasteiger charge is -2.44. The normalized spacial score (nSPS) is 46.2. The highest BCUT2D eigenvalue weighted by Gasteiger charge is 2.70. The van der Waals surface area contributed by atoms with E-state index >= 15 is 0 Å². The molecule has 1 saturated heterocycles. The summed E-state index contributed by atoms with van der Waals surface area (Å²) in [4.78, 5) is 0. The van der Waals surface area contributed by atoms with Crippen molar-refractivity contribution in [2.75, 3.05) is 19.8 Å². The van der Waals surface area contributed by atoms with Gasteiger partial charge in [-0.3, -0.25) is 0 Å². The maximum atomic E-state index is 9.09. The average Bonchev–Trinajstić information content (AvgIpc) is 2.92. The number of hydrogen-bond donors (Lipinski definition) is 1. The fraction of sp³-hybridized carbons (Fsp3) is 0.857. The molecule has 3 atom stereocenters. The maximum Gasteiger partial charge on any atom is 0.178 e. The van der Waals surface area contributed by atoms with Crippen LogP contribution in [0.5, 0.6) is 0 Å². The fourth-order valence-electron chi connectivity index (χ4n) is 4.22. The van der Waals surface area contributed by atoms with E-state index in [0.29, 0.717) is 19.1 Å². The van der Waals surface area contributed by atoms with E-state index in [-0.39, 0.29) is 17.4 Å². The predicted molar refractivity (Wildman–Crippen MR) is 64.4 cm³/mol. The Morgan fingerprint density at radius 3 is 2.65 bits per heavy atom. The summed E-state index contributed by atoms with van der Waals surface area (Å²) in [5.41, 5.74) is 0.121. The van der Waals surface area contributed by atoms with Crippen LogP contribution < -0.4 is 0 Å². The molecule has 1 saturated carbocycles. The second-order valence-electron chi connectivity index (χ2n) is 6.07. The number of aliphatic hydroxyl groups is 1. The Morgan fingerprint density at radius 2 is 2.00 bits per heavy atom. The van der Waals surface area contributed by atoms with Crippen molar-refractivity contribution >= 4 is 0 Å². The zero-order chi connectivity index (χ0) is 12.1. The van der Waals surface area contributed by atoms with Crippen molar-refractivity contribution in [3.63, 3.8) is 0 Å². The molecule has 1 N–H and O–H groups in total. The molecule has 17 heavy (non-hydrogen) atoms. The average molecular weight is 238 g/mol. The van der Waals surface area contributed by atoms with Gasteiger partial charge in [0.15, 0.2) is 5.79 Å². The van der Waals surface area contributed by atoms with Crippen LogP contribution in [0.2, 0.25) is 0 Å². The van der Waals surface area contributed by atoms with Crippen molar-refractivity contribution in [3.8, 4) is 0 Å². The SMILES string of the molecule is CC1(CCCO)C2C=CC1(C)C1(C2)OCCO1. The van der Waals surface area contributed by atoms with Gasteiger partial charge in [0.2, 0.25) is 0 Å². The first-order valence-corrected chi connectivity index (χ1v) is 6.66. The summed E-state index contributed by atoms with van der Waals surface area (Å²) in [6.07, 6.45) is 7.49. The molecule has 3 unspecified atom stereocenters. The van der Waals surface area contributed by atoms with Crippen molar-refractivity contribution in [1.29, 1.82) is 0 Å². The van der Waals surface area contributed by atoms with Gasteiger partial charge in [-0.2, -0.15) is 0 Å². The monoisotopic (exact) mass is 238 g/mol. The van der Waals surface area contributed by atoms with Gasteiger partial charge < -0.3 is 14.6 Å². The lowest BCUT2D eigenvalue weighted by molar-refractivity contribution is -0.218. The molecule has 2 bridgehead atoms. The molecule has 3 aliphatic rings. The Hall–Kier alpha value is -0.380. The molecule has 0 aromatic rings. The van der Waals surface area contributed by atoms with E-state index < -0.39 is 5.79 Å². The Bertz CT molecular complexity index is 345. The van der Waals surface area contributed by atoms with Gasteiger partial charge in [-0.1, -0.05) is 26.0 Å². The molecule has 3 rings (SSSR count). The lowest BCUT2D eigenvalue weighted by Crippen LogP contribution is -2.48. The van der Waals surface area contributed by atoms with Gasteiger partial charge in [0.25, 0.3) is 0 Å². The Kier molecular flexibility index (Phi) is 2.45. The van der Waals surface area contributed by atoms with Crippen LogP contribution in [0.4, 0.5) is 0 Å². The first-order valence-electron chi connectivity index (χ1n) is 6.66. The van der Waals surface area contributed by atoms with E-state index in [0.717, 1.165) is 19.3 Å². The molecule has 3 heteroatoms. The molecule has 0 radical (unpaired) electrons. The fourth-order valence-corrected chi connectivity index (χ4v) is 4.22. The zero-order valence-electron chi connectivity index (χ0n) is 10.7. The Balaban J connectivity index is 1.94. The number of rotatable bonds is 3. The Morgan fingerprint density at radius 1 is 1.29 bits per heavy atom. The van der Waals surface area contributed by atoms with Gasteiger partial charge >= 0.3 is 0 Å². The molecule has 1 spiro atoms. The Labute approximate surface area is 103 Å². The first-order chi connectivity index (χ1) is 8.08. The molecular weight excluding hydrogens is 216 g/mol. The molecule has 96 valence electrons. The summed E-state index contributed by atoms with van der Waals surface area (Å²) in [7, 11) is 0. The van der Waals surface area contributed by atoms with E-state index in [1.165, 1.54) is 0 Å². The van der Waals surface area contributed by atoms with Crippen molar-refractivity contribution < 1.29 is 14.6 Å². The van der Waals surface area contributed by atoms with Crippen LogP contribution in [-0.2, 0) is 9.47 Å². The minimum absolute atomic E-state index is 0.0453. The highest BCUT2D eigenvalue weighted by Crippen LogP contribution is 2.70. The zero-order valence-corrected chi connectivity index (χ0v) is 10.7. The van der Waals surface area contributed by atoms with Crippen LogP contribution in [0.25, 0.3) is 0 Å². The highest BCUT2D eigenvalue weighted by atomic mass is 16.7. The number of aliphatic hydroxyl groups excluding tert-OH is 1. The summed E-state index contributed by atoms with van der Waals surface area (Å²) >= 11 is 0. The summed E-state index contributed by atoms with van der Waals surface area (Å²) in [5, 5.41) is 9.09. The molecule has 2 aliphatic carbocycles. The molecule has 0 aromatic carbocycles. The van der Waals surface area contributed by atoms with Crippen molar-refractivity contribution in [3.05, 3.63) is 12.2 Å². The third-order valence-corrected chi connectivity index (χ3v) is 5.55. The quantitative estimate of drug-likeness (QED) is 0.765. The summed E-state index contributed by atoms with van der Waals surface area (Å²) < 4.78 is 12.0. The molecular formula is C14H22O3. The molecule has 2 fully saturated rings. The van der Waals surface area contributed by atoms with Crippen LogP contribution in [0.1, 0.15) is 33.1 Å². The summed E-state index contributed by atoms with van der Waals surface area (Å²) in [6, 6.07) is 0. The predicted octanol–water partition coefficient (Wildman–Crippen LogP) is 2.10. The van der Waals surface area contributed by atoms with Crippen LogP contribution in [0, 0.1) is 16.7 Å². The second-order valence-corrected chi connectivity index (χ2v) is 6.07. The summed E-state index contributed by atoms with van der Waals surface area (Å²) in [5.74, 6) is 0.133. The third kappa shape index (κ3) is 1.23. The number of allylic oxidation sites excluding steroid dienone is 1. The second kappa shape index (κ2) is 3.56. The topological polar surface area (TPSA) is 38.7 Å². The number of ether oxygens (including phenoxy) is 2. The molecule has 1 aliphatic heterocycles. The lowest BCUT2D eigenvalue weighted by atomic mass is 9.65. The van der Waals surface area contributed by atoms with E-state index in [1.54, 1.807) is 0 Å². The van der Waals surface area contributed by atoms with Crippen molar-refractivity contribution in [2.24, 2.45) is 16.7 Å². The van der Waals surface area contributed by atoms with Gasteiger partial charge in [0.1, 0.15) is 0 Å². The minimum Gasteiger partial charge on any atom is -0.396 e. The minimum atomic E-state index is -0.392.